The predicted molar refractivity (Wildman–Crippen MR) is 140 cm³/mol. The van der Waals surface area contributed by atoms with Crippen molar-refractivity contribution < 1.29 is 4.79 Å². The molecular formula is C27H24N6O2S. The minimum absolute atomic E-state index is 0.212. The number of aryl methyl sites for hydroxylation is 2. The largest absolute Gasteiger partial charge is 0.368 e. The maximum Gasteiger partial charge on any atom is 0.264 e. The Morgan fingerprint density at radius 2 is 1.97 bits per heavy atom. The van der Waals surface area contributed by atoms with Crippen LogP contribution in [-0.2, 0) is 24.1 Å². The van der Waals surface area contributed by atoms with Crippen molar-refractivity contribution in [3.8, 4) is 22.0 Å². The number of amides is 1. The Balaban J connectivity index is 1.51. The Hall–Kier alpha value is -4.11. The number of fused-ring (bicyclic) bond motifs is 2. The number of rotatable bonds is 6. The number of thiazole rings is 1. The lowest BCUT2D eigenvalue weighted by molar-refractivity contribution is -0.121. The zero-order valence-electron chi connectivity index (χ0n) is 19.5. The first-order chi connectivity index (χ1) is 17.6. The molecule has 5 aromatic rings. The predicted octanol–water partition coefficient (Wildman–Crippen LogP) is 4.06. The molecule has 1 unspecified atom stereocenters. The molecule has 3 N–H and O–H groups in total. The molecular weight excluding hydrogens is 472 g/mol. The summed E-state index contributed by atoms with van der Waals surface area (Å²) in [5.41, 5.74) is 9.47. The van der Waals surface area contributed by atoms with Crippen molar-refractivity contribution in [2.45, 2.75) is 38.1 Å². The Morgan fingerprint density at radius 3 is 2.75 bits per heavy atom. The number of primary amides is 1. The molecule has 0 radical (unpaired) electrons. The van der Waals surface area contributed by atoms with Crippen molar-refractivity contribution in [2.24, 2.45) is 5.73 Å². The van der Waals surface area contributed by atoms with Crippen molar-refractivity contribution in [2.75, 3.05) is 0 Å². The first kappa shape index (κ1) is 22.4. The topological polar surface area (TPSA) is 120 Å². The number of carbonyl (C=O) groups is 1. The number of nitrogens with one attached hydrogen (secondary N) is 1. The van der Waals surface area contributed by atoms with Gasteiger partial charge in [-0.05, 0) is 37.8 Å². The van der Waals surface area contributed by atoms with Crippen LogP contribution in [0.3, 0.4) is 0 Å². The summed E-state index contributed by atoms with van der Waals surface area (Å²) in [6.45, 7) is 0. The quantitative estimate of drug-likeness (QED) is 0.367. The monoisotopic (exact) mass is 496 g/mol. The molecule has 0 bridgehead atoms. The van der Waals surface area contributed by atoms with Crippen LogP contribution in [0.4, 0.5) is 0 Å². The van der Waals surface area contributed by atoms with Gasteiger partial charge in [0.05, 0.1) is 11.3 Å². The van der Waals surface area contributed by atoms with E-state index in [-0.39, 0.29) is 12.0 Å². The fourth-order valence-corrected chi connectivity index (χ4v) is 5.99. The SMILES string of the molecule is NC(=O)C(Cc1cc2cnccc2[nH]1)n1c(-c2ccccc2)ncc(-c2nc3c(s2)CCCC3)c1=O. The second kappa shape index (κ2) is 9.16. The van der Waals surface area contributed by atoms with E-state index in [0.717, 1.165) is 53.5 Å². The molecule has 9 heteroatoms. The van der Waals surface area contributed by atoms with Crippen molar-refractivity contribution in [1.29, 1.82) is 0 Å². The van der Waals surface area contributed by atoms with Gasteiger partial charge in [-0.2, -0.15) is 0 Å². The molecule has 0 spiro atoms. The van der Waals surface area contributed by atoms with Crippen molar-refractivity contribution in [3.05, 3.63) is 87.7 Å². The number of hydrogen-bond acceptors (Lipinski definition) is 6. The maximum absolute atomic E-state index is 14.0. The van der Waals surface area contributed by atoms with E-state index in [9.17, 15) is 9.59 Å². The van der Waals surface area contributed by atoms with Gasteiger partial charge in [0, 0.05) is 52.0 Å². The van der Waals surface area contributed by atoms with Crippen molar-refractivity contribution in [1.82, 2.24) is 24.5 Å². The van der Waals surface area contributed by atoms with Crippen LogP contribution < -0.4 is 11.3 Å². The molecule has 0 saturated carbocycles. The Labute approximate surface area is 210 Å². The van der Waals surface area contributed by atoms with Gasteiger partial charge in [0.15, 0.2) is 0 Å². The number of aromatic amines is 1. The summed E-state index contributed by atoms with van der Waals surface area (Å²) in [5, 5.41) is 1.57. The second-order valence-corrected chi connectivity index (χ2v) is 10.1. The number of nitrogens with two attached hydrogens (primary N) is 1. The van der Waals surface area contributed by atoms with Crippen LogP contribution >= 0.6 is 11.3 Å². The highest BCUT2D eigenvalue weighted by Gasteiger charge is 2.27. The maximum atomic E-state index is 14.0. The molecule has 8 nitrogen and oxygen atoms in total. The molecule has 0 saturated heterocycles. The molecule has 1 aromatic carbocycles. The number of carbonyl (C=O) groups excluding carboxylic acids is 1. The Kier molecular flexibility index (Phi) is 5.69. The van der Waals surface area contributed by atoms with E-state index in [1.807, 2.05) is 42.5 Å². The van der Waals surface area contributed by atoms with Gasteiger partial charge in [-0.3, -0.25) is 19.1 Å². The van der Waals surface area contributed by atoms with Gasteiger partial charge in [0.25, 0.3) is 5.56 Å². The van der Waals surface area contributed by atoms with Gasteiger partial charge in [-0.15, -0.1) is 11.3 Å². The van der Waals surface area contributed by atoms with Crippen LogP contribution in [-0.4, -0.2) is 30.4 Å². The number of benzene rings is 1. The lowest BCUT2D eigenvalue weighted by atomic mass is 10.0. The van der Waals surface area contributed by atoms with E-state index < -0.39 is 11.9 Å². The molecule has 1 amide bonds. The van der Waals surface area contributed by atoms with Crippen LogP contribution in [0, 0.1) is 0 Å². The average molecular weight is 497 g/mol. The van der Waals surface area contributed by atoms with Crippen LogP contribution in [0.5, 0.6) is 0 Å². The summed E-state index contributed by atoms with van der Waals surface area (Å²) >= 11 is 1.55. The second-order valence-electron chi connectivity index (χ2n) is 9.01. The zero-order chi connectivity index (χ0) is 24.6. The number of nitrogens with zero attached hydrogens (tertiary/aromatic N) is 4. The standard InChI is InChI=1S/C27H24N6O2S/c28-24(34)22(13-18-12-17-14-29-11-10-20(17)31-18)33-25(16-6-2-1-3-7-16)30-15-19(27(33)35)26-32-21-8-4-5-9-23(21)36-26/h1-3,6-7,10-12,14-15,22,31H,4-5,8-9,13H2,(H2,28,34). The van der Waals surface area contributed by atoms with Crippen molar-refractivity contribution >= 4 is 28.1 Å². The Morgan fingerprint density at radius 1 is 1.14 bits per heavy atom. The number of H-pyrrole nitrogens is 1. The summed E-state index contributed by atoms with van der Waals surface area (Å²) in [6, 6.07) is 12.2. The highest BCUT2D eigenvalue weighted by atomic mass is 32.1. The highest BCUT2D eigenvalue weighted by Crippen LogP contribution is 2.32. The van der Waals surface area contributed by atoms with E-state index in [1.165, 1.54) is 9.44 Å². The minimum Gasteiger partial charge on any atom is -0.368 e. The lowest BCUT2D eigenvalue weighted by Gasteiger charge is -2.20. The van der Waals surface area contributed by atoms with Gasteiger partial charge < -0.3 is 10.7 Å². The van der Waals surface area contributed by atoms with E-state index in [2.05, 4.69) is 15.0 Å². The number of hydrogen-bond donors (Lipinski definition) is 2. The molecule has 6 rings (SSSR count). The molecule has 0 aliphatic heterocycles. The third-order valence-corrected chi connectivity index (χ3v) is 7.82. The summed E-state index contributed by atoms with van der Waals surface area (Å²) in [5.74, 6) is -0.212. The molecule has 4 aromatic heterocycles. The first-order valence-corrected chi connectivity index (χ1v) is 12.8. The van der Waals surface area contributed by atoms with E-state index in [1.54, 1.807) is 29.9 Å². The molecule has 1 atom stereocenters. The molecule has 180 valence electrons. The van der Waals surface area contributed by atoms with Gasteiger partial charge in [0.2, 0.25) is 5.91 Å². The van der Waals surface area contributed by atoms with Gasteiger partial charge >= 0.3 is 0 Å². The lowest BCUT2D eigenvalue weighted by Crippen LogP contribution is -2.37. The molecule has 4 heterocycles. The van der Waals surface area contributed by atoms with Gasteiger partial charge in [-0.1, -0.05) is 30.3 Å². The average Bonchev–Trinajstić information content (AvgIpc) is 3.51. The molecule has 36 heavy (non-hydrogen) atoms. The molecule has 1 aliphatic rings. The smallest absolute Gasteiger partial charge is 0.264 e. The fraction of sp³-hybridized carbons (Fsp3) is 0.222. The number of aromatic nitrogens is 5. The zero-order valence-corrected chi connectivity index (χ0v) is 20.3. The van der Waals surface area contributed by atoms with Crippen molar-refractivity contribution in [3.63, 3.8) is 0 Å². The first-order valence-electron chi connectivity index (χ1n) is 12.0. The Bertz CT molecular complexity index is 1580. The third kappa shape index (κ3) is 4.01. The normalized spacial score (nSPS) is 14.0. The van der Waals surface area contributed by atoms with Crippen LogP contribution in [0.15, 0.2) is 65.8 Å². The van der Waals surface area contributed by atoms with E-state index in [0.29, 0.717) is 16.4 Å². The summed E-state index contributed by atoms with van der Waals surface area (Å²) in [4.78, 5) is 45.1. The number of pyridine rings is 1. The summed E-state index contributed by atoms with van der Waals surface area (Å²) < 4.78 is 1.44. The highest BCUT2D eigenvalue weighted by molar-refractivity contribution is 7.15. The van der Waals surface area contributed by atoms with Gasteiger partial charge in [-0.25, -0.2) is 9.97 Å². The third-order valence-electron chi connectivity index (χ3n) is 6.63. The fourth-order valence-electron chi connectivity index (χ4n) is 4.84. The van der Waals surface area contributed by atoms with Crippen LogP contribution in [0.1, 0.15) is 35.1 Å². The van der Waals surface area contributed by atoms with Crippen LogP contribution in [0.25, 0.3) is 32.9 Å². The van der Waals surface area contributed by atoms with Crippen LogP contribution in [0.2, 0.25) is 0 Å². The summed E-state index contributed by atoms with van der Waals surface area (Å²) in [7, 11) is 0. The van der Waals surface area contributed by atoms with E-state index in [4.69, 9.17) is 10.7 Å². The molecule has 0 fully saturated rings. The molecule has 1 aliphatic carbocycles. The van der Waals surface area contributed by atoms with E-state index >= 15 is 0 Å². The minimum atomic E-state index is -0.948. The summed E-state index contributed by atoms with van der Waals surface area (Å²) in [6.07, 6.45) is 9.39. The van der Waals surface area contributed by atoms with Gasteiger partial charge in [0.1, 0.15) is 16.9 Å².